The monoisotopic (exact) mass is 184 g/mol. The minimum atomic E-state index is -0.220. The minimum Gasteiger partial charge on any atom is -0.448 e. The van der Waals surface area contributed by atoms with E-state index in [1.165, 1.54) is 5.47 Å². The van der Waals surface area contributed by atoms with Crippen molar-refractivity contribution in [2.24, 2.45) is 0 Å². The van der Waals surface area contributed by atoms with Gasteiger partial charge in [-0.1, -0.05) is 24.3 Å². The smallest absolute Gasteiger partial charge is 0.256 e. The average Bonchev–Trinajstić information content (AvgIpc) is 2.86. The summed E-state index contributed by atoms with van der Waals surface area (Å²) in [6, 6.07) is 7.76. The van der Waals surface area contributed by atoms with Crippen LogP contribution in [0.2, 0.25) is 0 Å². The zero-order valence-electron chi connectivity index (χ0n) is 7.64. The van der Waals surface area contributed by atoms with Crippen molar-refractivity contribution in [1.29, 1.82) is 0 Å². The molecule has 2 aliphatic heterocycles. The number of rotatable bonds is 1. The fraction of sp³-hybridized carbons (Fsp3) is 0.0909. The van der Waals surface area contributed by atoms with Crippen LogP contribution in [-0.2, 0) is 0 Å². The van der Waals surface area contributed by atoms with Crippen LogP contribution in [0, 0.1) is 0 Å². The first kappa shape index (κ1) is 7.74. The second-order valence-corrected chi connectivity index (χ2v) is 3.39. The van der Waals surface area contributed by atoms with Gasteiger partial charge in [0, 0.05) is 0 Å². The van der Waals surface area contributed by atoms with Crippen molar-refractivity contribution >= 4 is 7.28 Å². The van der Waals surface area contributed by atoms with E-state index in [4.69, 9.17) is 9.47 Å². The summed E-state index contributed by atoms with van der Waals surface area (Å²) in [6.07, 6.45) is 3.86. The molecule has 1 aromatic rings. The Hall–Kier alpha value is -1.64. The molecule has 0 spiro atoms. The molecule has 0 saturated heterocycles. The van der Waals surface area contributed by atoms with E-state index in [0.29, 0.717) is 0 Å². The zero-order chi connectivity index (χ0) is 9.38. The highest BCUT2D eigenvalue weighted by molar-refractivity contribution is 6.52. The highest BCUT2D eigenvalue weighted by Crippen LogP contribution is 2.36. The van der Waals surface area contributed by atoms with E-state index < -0.39 is 0 Å². The summed E-state index contributed by atoms with van der Waals surface area (Å²) in [5.74, 6) is 3.78. The third kappa shape index (κ3) is 1.13. The van der Waals surface area contributed by atoms with Gasteiger partial charge >= 0.3 is 0 Å². The lowest BCUT2D eigenvalue weighted by Gasteiger charge is -2.10. The summed E-state index contributed by atoms with van der Waals surface area (Å²) in [7, 11) is 0.929. The fourth-order valence-electron chi connectivity index (χ4n) is 1.69. The third-order valence-corrected chi connectivity index (χ3v) is 2.42. The molecular formula is C11H9BO2. The first-order valence-electron chi connectivity index (χ1n) is 4.71. The van der Waals surface area contributed by atoms with Gasteiger partial charge in [-0.2, -0.15) is 0 Å². The lowest BCUT2D eigenvalue weighted by atomic mass is 9.72. The predicted molar refractivity (Wildman–Crippen MR) is 55.9 cm³/mol. The van der Waals surface area contributed by atoms with Crippen molar-refractivity contribution < 1.29 is 9.47 Å². The van der Waals surface area contributed by atoms with Gasteiger partial charge in [-0.05, 0) is 17.6 Å². The Morgan fingerprint density at radius 2 is 1.79 bits per heavy atom. The van der Waals surface area contributed by atoms with Crippen LogP contribution in [0.1, 0.15) is 0 Å². The summed E-state index contributed by atoms with van der Waals surface area (Å²) >= 11 is 0. The van der Waals surface area contributed by atoms with Crippen LogP contribution in [0.4, 0.5) is 0 Å². The van der Waals surface area contributed by atoms with Crippen LogP contribution in [0.25, 0.3) is 0 Å². The molecule has 0 aromatic heterocycles. The molecule has 2 nitrogen and oxygen atoms in total. The van der Waals surface area contributed by atoms with Crippen LogP contribution >= 0.6 is 0 Å². The SMILES string of the molecule is B1C=CC=C1C1Oc2ccccc2O1. The van der Waals surface area contributed by atoms with Gasteiger partial charge in [-0.25, -0.2) is 0 Å². The summed E-state index contributed by atoms with van der Waals surface area (Å²) in [6.45, 7) is 0. The molecule has 0 radical (unpaired) electrons. The van der Waals surface area contributed by atoms with E-state index >= 15 is 0 Å². The number of para-hydroxylation sites is 2. The maximum Gasteiger partial charge on any atom is 0.256 e. The Labute approximate surface area is 83.1 Å². The van der Waals surface area contributed by atoms with Gasteiger partial charge in [0.2, 0.25) is 0 Å². The van der Waals surface area contributed by atoms with Crippen LogP contribution in [0.15, 0.2) is 47.9 Å². The summed E-state index contributed by atoms with van der Waals surface area (Å²) in [5, 5.41) is 0. The maximum atomic E-state index is 5.66. The van der Waals surface area contributed by atoms with Crippen LogP contribution < -0.4 is 9.47 Å². The first-order chi connectivity index (χ1) is 6.93. The Kier molecular flexibility index (Phi) is 1.63. The van der Waals surface area contributed by atoms with Crippen molar-refractivity contribution in [3.63, 3.8) is 0 Å². The molecule has 3 rings (SSSR count). The molecule has 68 valence electrons. The molecule has 1 aromatic carbocycles. The molecule has 0 amide bonds. The summed E-state index contributed by atoms with van der Waals surface area (Å²) in [5.41, 5.74) is 1.18. The Morgan fingerprint density at radius 1 is 1.07 bits per heavy atom. The van der Waals surface area contributed by atoms with Gasteiger partial charge in [0.1, 0.15) is 0 Å². The van der Waals surface area contributed by atoms with Crippen LogP contribution in [0.3, 0.4) is 0 Å². The highest BCUT2D eigenvalue weighted by Gasteiger charge is 2.27. The van der Waals surface area contributed by atoms with Crippen molar-refractivity contribution in [3.8, 4) is 11.5 Å². The lowest BCUT2D eigenvalue weighted by Crippen LogP contribution is -2.22. The van der Waals surface area contributed by atoms with E-state index in [2.05, 4.69) is 12.1 Å². The second-order valence-electron chi connectivity index (χ2n) is 3.39. The standard InChI is InChI=1S/C11H9BO2/c1-2-6-10-9(5-1)13-11(14-10)8-4-3-7-12-8/h1-7,11-12H. The Bertz CT molecular complexity index is 398. The van der Waals surface area contributed by atoms with Gasteiger partial charge in [0.25, 0.3) is 6.29 Å². The second kappa shape index (κ2) is 2.94. The van der Waals surface area contributed by atoms with Crippen LogP contribution in [-0.4, -0.2) is 13.6 Å². The van der Waals surface area contributed by atoms with Crippen molar-refractivity contribution in [2.45, 2.75) is 6.29 Å². The van der Waals surface area contributed by atoms with Crippen molar-refractivity contribution in [3.05, 3.63) is 47.9 Å². The third-order valence-electron chi connectivity index (χ3n) is 2.42. The highest BCUT2D eigenvalue weighted by atomic mass is 16.7. The molecule has 3 heteroatoms. The molecule has 2 heterocycles. The maximum absolute atomic E-state index is 5.66. The normalized spacial score (nSPS) is 18.1. The molecular weight excluding hydrogens is 175 g/mol. The summed E-state index contributed by atoms with van der Waals surface area (Å²) < 4.78 is 11.3. The number of hydrogen-bond donors (Lipinski definition) is 0. The van der Waals surface area contributed by atoms with Gasteiger partial charge in [-0.3, -0.25) is 0 Å². The van der Waals surface area contributed by atoms with E-state index in [0.717, 1.165) is 18.8 Å². The molecule has 0 saturated carbocycles. The van der Waals surface area contributed by atoms with E-state index in [9.17, 15) is 0 Å². The number of hydrogen-bond acceptors (Lipinski definition) is 2. The van der Waals surface area contributed by atoms with Crippen LogP contribution in [0.5, 0.6) is 11.5 Å². The quantitative estimate of drug-likeness (QED) is 0.617. The van der Waals surface area contributed by atoms with Crippen molar-refractivity contribution in [1.82, 2.24) is 0 Å². The Balaban J connectivity index is 1.85. The number of fused-ring (bicyclic) bond motifs is 1. The van der Waals surface area contributed by atoms with Gasteiger partial charge in [0.15, 0.2) is 18.8 Å². The number of ether oxygens (including phenoxy) is 2. The van der Waals surface area contributed by atoms with Gasteiger partial charge < -0.3 is 9.47 Å². The van der Waals surface area contributed by atoms with E-state index in [-0.39, 0.29) is 6.29 Å². The molecule has 2 aliphatic rings. The predicted octanol–water partition coefficient (Wildman–Crippen LogP) is 1.63. The van der Waals surface area contributed by atoms with E-state index in [1.807, 2.05) is 30.3 Å². The Morgan fingerprint density at radius 3 is 2.36 bits per heavy atom. The minimum absolute atomic E-state index is 0.220. The van der Waals surface area contributed by atoms with Gasteiger partial charge in [0.05, 0.1) is 0 Å². The van der Waals surface area contributed by atoms with Crippen molar-refractivity contribution in [2.75, 3.05) is 0 Å². The molecule has 0 unspecified atom stereocenters. The molecule has 14 heavy (non-hydrogen) atoms. The average molecular weight is 184 g/mol. The lowest BCUT2D eigenvalue weighted by molar-refractivity contribution is 0.0906. The molecule has 0 fully saturated rings. The largest absolute Gasteiger partial charge is 0.448 e. The molecule has 0 aliphatic carbocycles. The molecule has 0 bridgehead atoms. The van der Waals surface area contributed by atoms with E-state index in [1.54, 1.807) is 0 Å². The van der Waals surface area contributed by atoms with Gasteiger partial charge in [-0.15, -0.1) is 5.98 Å². The number of benzene rings is 1. The zero-order valence-corrected chi connectivity index (χ0v) is 7.64. The first-order valence-corrected chi connectivity index (χ1v) is 4.71. The molecule has 0 atom stereocenters. The summed E-state index contributed by atoms with van der Waals surface area (Å²) in [4.78, 5) is 0. The fourth-order valence-corrected chi connectivity index (χ4v) is 1.69. The molecule has 0 N–H and O–H groups in total. The topological polar surface area (TPSA) is 18.5 Å². The number of allylic oxidation sites excluding steroid dienone is 2.